The summed E-state index contributed by atoms with van der Waals surface area (Å²) in [5.41, 5.74) is -0.612. The SMILES string of the molecule is Cc1ncc(CC2(C(=O)O)CCNC2)s1. The fraction of sp³-hybridized carbons (Fsp3) is 0.600. The first-order chi connectivity index (χ1) is 7.12. The third-order valence-electron chi connectivity index (χ3n) is 2.88. The third-order valence-corrected chi connectivity index (χ3v) is 3.79. The summed E-state index contributed by atoms with van der Waals surface area (Å²) in [5, 5.41) is 13.4. The van der Waals surface area contributed by atoms with Crippen molar-refractivity contribution in [2.75, 3.05) is 13.1 Å². The van der Waals surface area contributed by atoms with Gasteiger partial charge in [0.2, 0.25) is 0 Å². The Bertz CT molecular complexity index is 369. The maximum absolute atomic E-state index is 11.3. The smallest absolute Gasteiger partial charge is 0.311 e. The van der Waals surface area contributed by atoms with E-state index in [1.54, 1.807) is 17.5 Å². The first-order valence-electron chi connectivity index (χ1n) is 4.98. The third kappa shape index (κ3) is 2.03. The Labute approximate surface area is 92.3 Å². The molecule has 0 aromatic carbocycles. The topological polar surface area (TPSA) is 62.2 Å². The van der Waals surface area contributed by atoms with E-state index < -0.39 is 11.4 Å². The minimum atomic E-state index is -0.696. The van der Waals surface area contributed by atoms with Crippen LogP contribution in [0, 0.1) is 12.3 Å². The maximum atomic E-state index is 11.3. The van der Waals surface area contributed by atoms with Crippen molar-refractivity contribution in [2.45, 2.75) is 19.8 Å². The lowest BCUT2D eigenvalue weighted by Gasteiger charge is -2.21. The van der Waals surface area contributed by atoms with E-state index >= 15 is 0 Å². The Morgan fingerprint density at radius 3 is 3.07 bits per heavy atom. The summed E-state index contributed by atoms with van der Waals surface area (Å²) in [4.78, 5) is 16.5. The normalized spacial score (nSPS) is 25.7. The second kappa shape index (κ2) is 3.90. The predicted octanol–water partition coefficient (Wildman–Crippen LogP) is 1.06. The molecule has 5 heteroatoms. The molecule has 82 valence electrons. The van der Waals surface area contributed by atoms with Crippen molar-refractivity contribution in [3.8, 4) is 0 Å². The summed E-state index contributed by atoms with van der Waals surface area (Å²) in [5.74, 6) is -0.696. The van der Waals surface area contributed by atoms with Gasteiger partial charge in [-0.3, -0.25) is 4.79 Å². The molecule has 0 spiro atoms. The van der Waals surface area contributed by atoms with Crippen molar-refractivity contribution >= 4 is 17.3 Å². The summed E-state index contributed by atoms with van der Waals surface area (Å²) >= 11 is 1.59. The first-order valence-corrected chi connectivity index (χ1v) is 5.79. The fourth-order valence-electron chi connectivity index (χ4n) is 1.97. The molecule has 1 saturated heterocycles. The molecular weight excluding hydrogens is 212 g/mol. The number of aryl methyl sites for hydroxylation is 1. The molecule has 1 aliphatic heterocycles. The number of carboxylic acid groups (broad SMARTS) is 1. The lowest BCUT2D eigenvalue weighted by atomic mass is 9.83. The van der Waals surface area contributed by atoms with Crippen LogP contribution in [0.4, 0.5) is 0 Å². The van der Waals surface area contributed by atoms with Gasteiger partial charge in [0.15, 0.2) is 0 Å². The second-order valence-electron chi connectivity index (χ2n) is 4.03. The molecule has 1 aromatic rings. The molecule has 2 N–H and O–H groups in total. The highest BCUT2D eigenvalue weighted by Gasteiger charge is 2.41. The molecule has 1 fully saturated rings. The van der Waals surface area contributed by atoms with Crippen LogP contribution in [0.25, 0.3) is 0 Å². The highest BCUT2D eigenvalue weighted by molar-refractivity contribution is 7.11. The number of aromatic nitrogens is 1. The Hall–Kier alpha value is -0.940. The van der Waals surface area contributed by atoms with Crippen molar-refractivity contribution in [2.24, 2.45) is 5.41 Å². The van der Waals surface area contributed by atoms with Crippen molar-refractivity contribution in [3.63, 3.8) is 0 Å². The molecule has 0 aliphatic carbocycles. The molecule has 0 amide bonds. The van der Waals surface area contributed by atoms with Crippen LogP contribution in [-0.4, -0.2) is 29.1 Å². The molecule has 1 aliphatic rings. The van der Waals surface area contributed by atoms with Crippen LogP contribution in [0.1, 0.15) is 16.3 Å². The van der Waals surface area contributed by atoms with Crippen molar-refractivity contribution in [3.05, 3.63) is 16.1 Å². The lowest BCUT2D eigenvalue weighted by Crippen LogP contribution is -2.35. The second-order valence-corrected chi connectivity index (χ2v) is 5.35. The van der Waals surface area contributed by atoms with E-state index in [2.05, 4.69) is 10.3 Å². The van der Waals surface area contributed by atoms with Crippen molar-refractivity contribution in [1.29, 1.82) is 0 Å². The molecule has 4 nitrogen and oxygen atoms in total. The van der Waals surface area contributed by atoms with Crippen molar-refractivity contribution in [1.82, 2.24) is 10.3 Å². The van der Waals surface area contributed by atoms with Gasteiger partial charge >= 0.3 is 5.97 Å². The number of hydrogen-bond acceptors (Lipinski definition) is 4. The molecule has 0 radical (unpaired) electrons. The van der Waals surface area contributed by atoms with Crippen LogP contribution in [0.2, 0.25) is 0 Å². The van der Waals surface area contributed by atoms with Crippen LogP contribution in [0.3, 0.4) is 0 Å². The van der Waals surface area contributed by atoms with E-state index in [9.17, 15) is 9.90 Å². The zero-order valence-electron chi connectivity index (χ0n) is 8.62. The lowest BCUT2D eigenvalue weighted by molar-refractivity contribution is -0.147. The fourth-order valence-corrected chi connectivity index (χ4v) is 2.91. The monoisotopic (exact) mass is 226 g/mol. The molecule has 2 rings (SSSR count). The Morgan fingerprint density at radius 2 is 2.60 bits per heavy atom. The predicted molar refractivity (Wildman–Crippen MR) is 58.1 cm³/mol. The van der Waals surface area contributed by atoms with E-state index in [0.717, 1.165) is 16.4 Å². The van der Waals surface area contributed by atoms with Crippen LogP contribution in [0.5, 0.6) is 0 Å². The number of aliphatic carboxylic acids is 1. The van der Waals surface area contributed by atoms with Gasteiger partial charge in [0.1, 0.15) is 0 Å². The molecule has 0 bridgehead atoms. The maximum Gasteiger partial charge on any atom is 0.311 e. The van der Waals surface area contributed by atoms with Crippen molar-refractivity contribution < 1.29 is 9.90 Å². The molecule has 1 aromatic heterocycles. The minimum absolute atomic E-state index is 0.569. The first kappa shape index (κ1) is 10.6. The summed E-state index contributed by atoms with van der Waals surface area (Å²) in [6, 6.07) is 0. The van der Waals surface area contributed by atoms with Gasteiger partial charge in [-0.1, -0.05) is 0 Å². The largest absolute Gasteiger partial charge is 0.481 e. The molecule has 2 heterocycles. The zero-order valence-corrected chi connectivity index (χ0v) is 9.43. The Balaban J connectivity index is 2.17. The van der Waals surface area contributed by atoms with Crippen LogP contribution in [-0.2, 0) is 11.2 Å². The Kier molecular flexibility index (Phi) is 2.75. The van der Waals surface area contributed by atoms with E-state index in [4.69, 9.17) is 0 Å². The standard InChI is InChI=1S/C10H14N2O2S/c1-7-12-5-8(15-7)4-10(9(13)14)2-3-11-6-10/h5,11H,2-4,6H2,1H3,(H,13,14). The molecular formula is C10H14N2O2S. The van der Waals surface area contributed by atoms with Gasteiger partial charge in [-0.25, -0.2) is 4.98 Å². The average Bonchev–Trinajstić information content (AvgIpc) is 2.77. The van der Waals surface area contributed by atoms with E-state index in [1.807, 2.05) is 6.92 Å². The van der Waals surface area contributed by atoms with Gasteiger partial charge in [0.25, 0.3) is 0 Å². The summed E-state index contributed by atoms with van der Waals surface area (Å²) in [6.07, 6.45) is 3.10. The van der Waals surface area contributed by atoms with Crippen LogP contribution < -0.4 is 5.32 Å². The summed E-state index contributed by atoms with van der Waals surface area (Å²) in [7, 11) is 0. The molecule has 0 saturated carbocycles. The minimum Gasteiger partial charge on any atom is -0.481 e. The highest BCUT2D eigenvalue weighted by Crippen LogP contribution is 2.32. The van der Waals surface area contributed by atoms with E-state index in [0.29, 0.717) is 19.4 Å². The van der Waals surface area contributed by atoms with E-state index in [-0.39, 0.29) is 0 Å². The average molecular weight is 226 g/mol. The number of nitrogens with zero attached hydrogens (tertiary/aromatic N) is 1. The van der Waals surface area contributed by atoms with Gasteiger partial charge in [-0.05, 0) is 19.9 Å². The van der Waals surface area contributed by atoms with Crippen LogP contribution in [0.15, 0.2) is 6.20 Å². The van der Waals surface area contributed by atoms with Gasteiger partial charge in [0.05, 0.1) is 10.4 Å². The summed E-state index contributed by atoms with van der Waals surface area (Å²) < 4.78 is 0. The van der Waals surface area contributed by atoms with E-state index in [1.165, 1.54) is 0 Å². The number of carbonyl (C=O) groups is 1. The molecule has 15 heavy (non-hydrogen) atoms. The number of rotatable bonds is 3. The van der Waals surface area contributed by atoms with Gasteiger partial charge in [-0.15, -0.1) is 11.3 Å². The van der Waals surface area contributed by atoms with Gasteiger partial charge in [0, 0.05) is 24.0 Å². The number of nitrogens with one attached hydrogen (secondary N) is 1. The Morgan fingerprint density at radius 1 is 1.80 bits per heavy atom. The quantitative estimate of drug-likeness (QED) is 0.809. The van der Waals surface area contributed by atoms with Crippen LogP contribution >= 0.6 is 11.3 Å². The highest BCUT2D eigenvalue weighted by atomic mass is 32.1. The number of carboxylic acids is 1. The molecule has 1 atom stereocenters. The molecule has 1 unspecified atom stereocenters. The summed E-state index contributed by atoms with van der Waals surface area (Å²) in [6.45, 7) is 3.30. The number of hydrogen-bond donors (Lipinski definition) is 2. The van der Waals surface area contributed by atoms with Gasteiger partial charge < -0.3 is 10.4 Å². The zero-order chi connectivity index (χ0) is 10.9. The van der Waals surface area contributed by atoms with Gasteiger partial charge in [-0.2, -0.15) is 0 Å². The number of thiazole rings is 1.